The first-order chi connectivity index (χ1) is 12.6. The van der Waals surface area contributed by atoms with Crippen molar-refractivity contribution in [3.05, 3.63) is 58.6 Å². The van der Waals surface area contributed by atoms with Crippen LogP contribution in [0.2, 0.25) is 5.02 Å². The zero-order valence-electron chi connectivity index (χ0n) is 16.1. The molecule has 2 aromatic carbocycles. The van der Waals surface area contributed by atoms with Crippen LogP contribution in [0.25, 0.3) is 0 Å². The van der Waals surface area contributed by atoms with Gasteiger partial charge in [0.15, 0.2) is 0 Å². The number of hydrogen-bond acceptors (Lipinski definition) is 2. The molecule has 0 spiro atoms. The summed E-state index contributed by atoms with van der Waals surface area (Å²) in [6, 6.07) is 13.2. The van der Waals surface area contributed by atoms with E-state index >= 15 is 0 Å². The Balaban J connectivity index is 1.56. The number of amides is 2. The van der Waals surface area contributed by atoms with Gasteiger partial charge in [0.25, 0.3) is 0 Å². The van der Waals surface area contributed by atoms with Crippen LogP contribution in [-0.2, 0) is 15.0 Å². The Morgan fingerprint density at radius 2 is 1.56 bits per heavy atom. The van der Waals surface area contributed by atoms with Gasteiger partial charge < -0.3 is 10.6 Å². The van der Waals surface area contributed by atoms with Crippen molar-refractivity contribution in [2.75, 3.05) is 10.6 Å². The number of anilines is 2. The monoisotopic (exact) mass is 384 g/mol. The van der Waals surface area contributed by atoms with Crippen LogP contribution in [0.4, 0.5) is 11.4 Å². The summed E-state index contributed by atoms with van der Waals surface area (Å²) in [4.78, 5) is 24.8. The van der Waals surface area contributed by atoms with Crippen molar-refractivity contribution in [2.24, 2.45) is 11.8 Å². The van der Waals surface area contributed by atoms with E-state index in [1.165, 1.54) is 5.56 Å². The minimum absolute atomic E-state index is 0.0714. The summed E-state index contributed by atoms with van der Waals surface area (Å²) in [6.45, 7) is 8.34. The fourth-order valence-electron chi connectivity index (χ4n) is 3.06. The maximum Gasteiger partial charge on any atom is 0.228 e. The second-order valence-corrected chi connectivity index (χ2v) is 8.65. The summed E-state index contributed by atoms with van der Waals surface area (Å²) in [5.74, 6) is -0.788. The Morgan fingerprint density at radius 1 is 0.963 bits per heavy atom. The molecule has 0 heterocycles. The molecule has 1 saturated carbocycles. The van der Waals surface area contributed by atoms with Gasteiger partial charge in [-0.3, -0.25) is 9.59 Å². The average Bonchev–Trinajstić information content (AvgIpc) is 3.38. The number of benzene rings is 2. The van der Waals surface area contributed by atoms with E-state index < -0.39 is 0 Å². The quantitative estimate of drug-likeness (QED) is 0.764. The SMILES string of the molecule is Cc1cc(Cl)ccc1NC(=O)C1CC1C(=O)Nc1ccc(C(C)(C)C)cc1. The highest BCUT2D eigenvalue weighted by Crippen LogP contribution is 2.40. The van der Waals surface area contributed by atoms with E-state index in [0.29, 0.717) is 11.4 Å². The Morgan fingerprint density at radius 3 is 2.11 bits per heavy atom. The van der Waals surface area contributed by atoms with Crippen molar-refractivity contribution in [3.63, 3.8) is 0 Å². The van der Waals surface area contributed by atoms with Gasteiger partial charge >= 0.3 is 0 Å². The van der Waals surface area contributed by atoms with Crippen LogP contribution in [0.3, 0.4) is 0 Å². The Labute approximate surface area is 165 Å². The third kappa shape index (κ3) is 4.69. The second kappa shape index (κ2) is 7.35. The van der Waals surface area contributed by atoms with Gasteiger partial charge in [0, 0.05) is 16.4 Å². The number of carbonyl (C=O) groups is 2. The maximum atomic E-state index is 12.4. The normalized spacial score (nSPS) is 18.7. The Bertz CT molecular complexity index is 869. The van der Waals surface area contributed by atoms with Crippen molar-refractivity contribution in [1.82, 2.24) is 0 Å². The van der Waals surface area contributed by atoms with Crippen LogP contribution in [0.1, 0.15) is 38.3 Å². The zero-order valence-corrected chi connectivity index (χ0v) is 16.9. The molecule has 3 rings (SSSR count). The lowest BCUT2D eigenvalue weighted by Crippen LogP contribution is -2.21. The van der Waals surface area contributed by atoms with Crippen LogP contribution in [0.5, 0.6) is 0 Å². The largest absolute Gasteiger partial charge is 0.326 e. The molecule has 4 nitrogen and oxygen atoms in total. The van der Waals surface area contributed by atoms with Gasteiger partial charge in [-0.25, -0.2) is 0 Å². The van der Waals surface area contributed by atoms with Gasteiger partial charge in [0.1, 0.15) is 0 Å². The predicted molar refractivity (Wildman–Crippen MR) is 110 cm³/mol. The third-order valence-corrected chi connectivity index (χ3v) is 5.16. The van der Waals surface area contributed by atoms with Crippen molar-refractivity contribution in [1.29, 1.82) is 0 Å². The molecule has 142 valence electrons. The Hall–Kier alpha value is -2.33. The van der Waals surface area contributed by atoms with E-state index in [2.05, 4.69) is 31.4 Å². The van der Waals surface area contributed by atoms with E-state index in [-0.39, 0.29) is 29.1 Å². The molecule has 2 amide bonds. The standard InChI is InChI=1S/C22H25ClN2O2/c1-13-11-15(23)7-10-19(13)25-21(27)18-12-17(18)20(26)24-16-8-5-14(6-9-16)22(2,3)4/h5-11,17-18H,12H2,1-4H3,(H,24,26)(H,25,27). The number of hydrogen-bond donors (Lipinski definition) is 2. The molecule has 0 aromatic heterocycles. The Kier molecular flexibility index (Phi) is 5.29. The summed E-state index contributed by atoms with van der Waals surface area (Å²) in [5, 5.41) is 6.44. The van der Waals surface area contributed by atoms with Crippen LogP contribution < -0.4 is 10.6 Å². The fraction of sp³-hybridized carbons (Fsp3) is 0.364. The third-order valence-electron chi connectivity index (χ3n) is 4.93. The number of rotatable bonds is 4. The smallest absolute Gasteiger partial charge is 0.228 e. The highest BCUT2D eigenvalue weighted by Gasteiger charge is 2.48. The maximum absolute atomic E-state index is 12.4. The zero-order chi connectivity index (χ0) is 19.8. The highest BCUT2D eigenvalue weighted by atomic mass is 35.5. The summed E-state index contributed by atoms with van der Waals surface area (Å²) in [6.07, 6.45) is 0.574. The number of aryl methyl sites for hydroxylation is 1. The minimum Gasteiger partial charge on any atom is -0.326 e. The van der Waals surface area contributed by atoms with Gasteiger partial charge in [0.2, 0.25) is 11.8 Å². The van der Waals surface area contributed by atoms with Gasteiger partial charge in [-0.05, 0) is 60.2 Å². The lowest BCUT2D eigenvalue weighted by atomic mass is 9.87. The molecule has 1 aliphatic rings. The molecular weight excluding hydrogens is 360 g/mol. The molecule has 1 fully saturated rings. The van der Waals surface area contributed by atoms with Crippen LogP contribution in [0.15, 0.2) is 42.5 Å². The van der Waals surface area contributed by atoms with Gasteiger partial charge in [0.05, 0.1) is 11.8 Å². The minimum atomic E-state index is -0.283. The molecule has 0 saturated heterocycles. The van der Waals surface area contributed by atoms with Crippen molar-refractivity contribution < 1.29 is 9.59 Å². The first kappa shape index (κ1) is 19.4. The van der Waals surface area contributed by atoms with Crippen LogP contribution in [-0.4, -0.2) is 11.8 Å². The van der Waals surface area contributed by atoms with Gasteiger partial charge in [-0.2, -0.15) is 0 Å². The van der Waals surface area contributed by atoms with E-state index in [0.717, 1.165) is 16.9 Å². The lowest BCUT2D eigenvalue weighted by molar-refractivity contribution is -0.122. The number of nitrogens with one attached hydrogen (secondary N) is 2. The van der Waals surface area contributed by atoms with Crippen molar-refractivity contribution >= 4 is 34.8 Å². The van der Waals surface area contributed by atoms with Gasteiger partial charge in [-0.15, -0.1) is 0 Å². The average molecular weight is 385 g/mol. The summed E-state index contributed by atoms with van der Waals surface area (Å²) >= 11 is 5.94. The molecule has 1 aliphatic carbocycles. The summed E-state index contributed by atoms with van der Waals surface area (Å²) in [7, 11) is 0. The highest BCUT2D eigenvalue weighted by molar-refractivity contribution is 6.30. The topological polar surface area (TPSA) is 58.2 Å². The van der Waals surface area contributed by atoms with Crippen LogP contribution in [0, 0.1) is 18.8 Å². The second-order valence-electron chi connectivity index (χ2n) is 8.21. The molecule has 27 heavy (non-hydrogen) atoms. The summed E-state index contributed by atoms with van der Waals surface area (Å²) < 4.78 is 0. The lowest BCUT2D eigenvalue weighted by Gasteiger charge is -2.19. The molecule has 2 aromatic rings. The molecule has 0 bridgehead atoms. The van der Waals surface area contributed by atoms with Crippen molar-refractivity contribution in [2.45, 2.75) is 39.5 Å². The first-order valence-corrected chi connectivity index (χ1v) is 9.51. The fourth-order valence-corrected chi connectivity index (χ4v) is 3.28. The van der Waals surface area contributed by atoms with Crippen LogP contribution >= 0.6 is 11.6 Å². The molecule has 2 unspecified atom stereocenters. The predicted octanol–water partition coefficient (Wildman–Crippen LogP) is 5.16. The summed E-state index contributed by atoms with van der Waals surface area (Å²) in [5.41, 5.74) is 3.67. The van der Waals surface area contributed by atoms with Gasteiger partial charge in [-0.1, -0.05) is 44.5 Å². The molecule has 2 atom stereocenters. The van der Waals surface area contributed by atoms with Crippen molar-refractivity contribution in [3.8, 4) is 0 Å². The van der Waals surface area contributed by atoms with E-state index in [4.69, 9.17) is 11.6 Å². The molecule has 0 radical (unpaired) electrons. The molecular formula is C22H25ClN2O2. The van der Waals surface area contributed by atoms with E-state index in [1.54, 1.807) is 18.2 Å². The van der Waals surface area contributed by atoms with E-state index in [1.807, 2.05) is 31.2 Å². The first-order valence-electron chi connectivity index (χ1n) is 9.13. The molecule has 0 aliphatic heterocycles. The van der Waals surface area contributed by atoms with E-state index in [9.17, 15) is 9.59 Å². The molecule has 5 heteroatoms. The molecule has 2 N–H and O–H groups in total. The number of halogens is 1. The number of carbonyl (C=O) groups excluding carboxylic acids is 2.